The number of hydrazine groups is 1. The van der Waals surface area contributed by atoms with Crippen LogP contribution in [0.15, 0.2) is 24.3 Å². The Morgan fingerprint density at radius 1 is 1.44 bits per heavy atom. The molecular formula is C10H14ClN3O2. The van der Waals surface area contributed by atoms with Crippen LogP contribution < -0.4 is 15.9 Å². The van der Waals surface area contributed by atoms with Crippen molar-refractivity contribution in [2.75, 3.05) is 11.7 Å². The number of nitrogens with zero attached hydrogens (tertiary/aromatic N) is 1. The predicted molar refractivity (Wildman–Crippen MR) is 62.5 cm³/mol. The lowest BCUT2D eigenvalue weighted by Gasteiger charge is -2.17. The molecule has 0 spiro atoms. The van der Waals surface area contributed by atoms with Gasteiger partial charge in [0.1, 0.15) is 0 Å². The lowest BCUT2D eigenvalue weighted by Crippen LogP contribution is -2.46. The van der Waals surface area contributed by atoms with E-state index in [4.69, 9.17) is 11.6 Å². The average molecular weight is 244 g/mol. The fraction of sp³-hybridized carbons (Fsp3) is 0.300. The van der Waals surface area contributed by atoms with Crippen LogP contribution in [0.4, 0.5) is 10.5 Å². The Bertz CT molecular complexity index is 342. The zero-order valence-corrected chi connectivity index (χ0v) is 9.66. The number of carbonyl (C=O) groups is 1. The van der Waals surface area contributed by atoms with Crippen molar-refractivity contribution in [1.82, 2.24) is 10.7 Å². The number of benzene rings is 1. The van der Waals surface area contributed by atoms with Gasteiger partial charge in [0.05, 0.1) is 5.69 Å². The van der Waals surface area contributed by atoms with E-state index in [0.717, 1.165) is 6.42 Å². The monoisotopic (exact) mass is 243 g/mol. The molecule has 1 aromatic carbocycles. The van der Waals surface area contributed by atoms with Gasteiger partial charge in [-0.1, -0.05) is 18.5 Å². The molecule has 0 unspecified atom stereocenters. The van der Waals surface area contributed by atoms with Crippen molar-refractivity contribution < 1.29 is 10.0 Å². The van der Waals surface area contributed by atoms with Crippen LogP contribution in [0.25, 0.3) is 0 Å². The Morgan fingerprint density at radius 3 is 2.62 bits per heavy atom. The predicted octanol–water partition coefficient (Wildman–Crippen LogP) is 2.16. The summed E-state index contributed by atoms with van der Waals surface area (Å²) in [6, 6.07) is 5.95. The van der Waals surface area contributed by atoms with Crippen molar-refractivity contribution in [1.29, 1.82) is 0 Å². The lowest BCUT2D eigenvalue weighted by molar-refractivity contribution is 0.195. The molecule has 0 heterocycles. The van der Waals surface area contributed by atoms with Crippen LogP contribution in [-0.2, 0) is 0 Å². The maximum Gasteiger partial charge on any atom is 0.335 e. The van der Waals surface area contributed by atoms with E-state index >= 15 is 0 Å². The molecule has 3 N–H and O–H groups in total. The highest BCUT2D eigenvalue weighted by Gasteiger charge is 2.06. The summed E-state index contributed by atoms with van der Waals surface area (Å²) >= 11 is 5.69. The fourth-order valence-electron chi connectivity index (χ4n) is 1.02. The highest BCUT2D eigenvalue weighted by molar-refractivity contribution is 6.30. The molecule has 16 heavy (non-hydrogen) atoms. The number of nitrogens with one attached hydrogen (secondary N) is 2. The van der Waals surface area contributed by atoms with Gasteiger partial charge in [-0.15, -0.1) is 0 Å². The number of carbonyl (C=O) groups excluding carboxylic acids is 1. The van der Waals surface area contributed by atoms with Crippen molar-refractivity contribution in [3.63, 3.8) is 0 Å². The SMILES string of the molecule is CCCNC(=O)NN(O)c1ccc(Cl)cc1. The minimum Gasteiger partial charge on any atom is -0.337 e. The zero-order chi connectivity index (χ0) is 12.0. The minimum atomic E-state index is -0.459. The second kappa shape index (κ2) is 6.19. The standard InChI is InChI=1S/C10H14ClN3O2/c1-2-7-12-10(15)13-14(16)9-5-3-8(11)4-6-9/h3-6,16H,2,7H2,1H3,(H2,12,13,15). The third kappa shape index (κ3) is 3.96. The first-order chi connectivity index (χ1) is 7.63. The van der Waals surface area contributed by atoms with E-state index in [1.807, 2.05) is 6.92 Å². The molecule has 0 bridgehead atoms. The Morgan fingerprint density at radius 2 is 2.06 bits per heavy atom. The van der Waals surface area contributed by atoms with Gasteiger partial charge in [-0.05, 0) is 30.7 Å². The van der Waals surface area contributed by atoms with Crippen LogP contribution in [0.2, 0.25) is 5.02 Å². The number of hydrogen-bond donors (Lipinski definition) is 3. The Kier molecular flexibility index (Phi) is 4.88. The third-order valence-electron chi connectivity index (χ3n) is 1.81. The van der Waals surface area contributed by atoms with E-state index in [0.29, 0.717) is 22.4 Å². The van der Waals surface area contributed by atoms with Gasteiger partial charge in [-0.2, -0.15) is 5.17 Å². The number of amides is 2. The van der Waals surface area contributed by atoms with Crippen molar-refractivity contribution in [3.8, 4) is 0 Å². The molecule has 0 saturated heterocycles. The molecule has 0 saturated carbocycles. The highest BCUT2D eigenvalue weighted by Crippen LogP contribution is 2.14. The van der Waals surface area contributed by atoms with Crippen LogP contribution in [0, 0.1) is 0 Å². The van der Waals surface area contributed by atoms with Gasteiger partial charge in [0.25, 0.3) is 0 Å². The van der Waals surface area contributed by atoms with Crippen LogP contribution in [-0.4, -0.2) is 17.8 Å². The van der Waals surface area contributed by atoms with Crippen molar-refractivity contribution in [2.24, 2.45) is 0 Å². The first-order valence-electron chi connectivity index (χ1n) is 4.92. The van der Waals surface area contributed by atoms with Crippen LogP contribution >= 0.6 is 11.6 Å². The number of rotatable bonds is 4. The molecule has 0 aliphatic carbocycles. The quantitative estimate of drug-likeness (QED) is 0.710. The topological polar surface area (TPSA) is 64.6 Å². The second-order valence-electron chi connectivity index (χ2n) is 3.16. The lowest BCUT2D eigenvalue weighted by atomic mass is 10.3. The molecule has 6 heteroatoms. The van der Waals surface area contributed by atoms with Crippen LogP contribution in [0.1, 0.15) is 13.3 Å². The summed E-state index contributed by atoms with van der Waals surface area (Å²) in [5.74, 6) is 0. The van der Waals surface area contributed by atoms with Crippen molar-refractivity contribution in [2.45, 2.75) is 13.3 Å². The number of hydrogen-bond acceptors (Lipinski definition) is 3. The minimum absolute atomic E-state index is 0.427. The van der Waals surface area contributed by atoms with Crippen molar-refractivity contribution >= 4 is 23.3 Å². The van der Waals surface area contributed by atoms with Gasteiger partial charge in [0, 0.05) is 11.6 Å². The molecule has 0 aliphatic heterocycles. The summed E-state index contributed by atoms with van der Waals surface area (Å²) in [4.78, 5) is 11.2. The second-order valence-corrected chi connectivity index (χ2v) is 3.59. The van der Waals surface area contributed by atoms with E-state index in [9.17, 15) is 10.0 Å². The van der Waals surface area contributed by atoms with Gasteiger partial charge < -0.3 is 5.32 Å². The van der Waals surface area contributed by atoms with Gasteiger partial charge >= 0.3 is 6.03 Å². The number of anilines is 1. The van der Waals surface area contributed by atoms with E-state index < -0.39 is 6.03 Å². The molecule has 0 aliphatic rings. The maximum atomic E-state index is 11.2. The zero-order valence-electron chi connectivity index (χ0n) is 8.90. The average Bonchev–Trinajstić information content (AvgIpc) is 2.27. The van der Waals surface area contributed by atoms with E-state index in [2.05, 4.69) is 10.7 Å². The molecule has 1 aromatic rings. The molecule has 1 rings (SSSR count). The van der Waals surface area contributed by atoms with Crippen LogP contribution in [0.5, 0.6) is 0 Å². The van der Waals surface area contributed by atoms with Gasteiger partial charge in [0.15, 0.2) is 0 Å². The third-order valence-corrected chi connectivity index (χ3v) is 2.07. The largest absolute Gasteiger partial charge is 0.337 e. The molecular weight excluding hydrogens is 230 g/mol. The molecule has 0 atom stereocenters. The summed E-state index contributed by atoms with van der Waals surface area (Å²) in [5, 5.41) is 13.3. The first-order valence-corrected chi connectivity index (χ1v) is 5.30. The van der Waals surface area contributed by atoms with Gasteiger partial charge in [0.2, 0.25) is 0 Å². The summed E-state index contributed by atoms with van der Waals surface area (Å²) in [6.45, 7) is 2.50. The fourth-order valence-corrected chi connectivity index (χ4v) is 1.15. The number of halogens is 1. The van der Waals surface area contributed by atoms with E-state index in [1.54, 1.807) is 24.3 Å². The highest BCUT2D eigenvalue weighted by atomic mass is 35.5. The van der Waals surface area contributed by atoms with Crippen LogP contribution in [0.3, 0.4) is 0 Å². The molecule has 5 nitrogen and oxygen atoms in total. The van der Waals surface area contributed by atoms with E-state index in [-0.39, 0.29) is 0 Å². The molecule has 0 radical (unpaired) electrons. The first kappa shape index (κ1) is 12.6. The summed E-state index contributed by atoms with van der Waals surface area (Å²) in [7, 11) is 0. The molecule has 0 fully saturated rings. The summed E-state index contributed by atoms with van der Waals surface area (Å²) in [5.41, 5.74) is 2.67. The van der Waals surface area contributed by atoms with Crippen molar-refractivity contribution in [3.05, 3.63) is 29.3 Å². The Labute approximate surface area is 98.9 Å². The Balaban J connectivity index is 2.48. The van der Waals surface area contributed by atoms with Gasteiger partial charge in [-0.3, -0.25) is 5.21 Å². The summed E-state index contributed by atoms with van der Waals surface area (Å²) < 4.78 is 0. The normalized spacial score (nSPS) is 9.69. The molecule has 88 valence electrons. The number of urea groups is 1. The summed E-state index contributed by atoms with van der Waals surface area (Å²) in [6.07, 6.45) is 0.833. The van der Waals surface area contributed by atoms with E-state index in [1.165, 1.54) is 0 Å². The van der Waals surface area contributed by atoms with Gasteiger partial charge in [-0.25, -0.2) is 10.2 Å². The molecule has 0 aromatic heterocycles. The molecule has 2 amide bonds. The smallest absolute Gasteiger partial charge is 0.335 e. The Hall–Kier alpha value is -1.46. The maximum absolute atomic E-state index is 11.2.